The predicted molar refractivity (Wildman–Crippen MR) is 231 cm³/mol. The third-order valence-corrected chi connectivity index (χ3v) is 12.5. The fourth-order valence-corrected chi connectivity index (χ4v) is 9.45. The van der Waals surface area contributed by atoms with Crippen molar-refractivity contribution in [1.82, 2.24) is 0 Å². The summed E-state index contributed by atoms with van der Waals surface area (Å²) in [7, 11) is 0. The number of fused-ring (bicyclic) bond motifs is 3. The van der Waals surface area contributed by atoms with Crippen molar-refractivity contribution in [2.45, 2.75) is 120 Å². The summed E-state index contributed by atoms with van der Waals surface area (Å²) >= 11 is 6.41. The Kier molecular flexibility index (Phi) is 14.5. The van der Waals surface area contributed by atoms with E-state index in [2.05, 4.69) is 97.1 Å². The fraction of sp³-hybridized carbons (Fsp3) is 0.400. The van der Waals surface area contributed by atoms with E-state index in [0.717, 1.165) is 72.2 Å². The summed E-state index contributed by atoms with van der Waals surface area (Å²) in [6.07, 6.45) is 6.13. The molecular weight excluding hydrogens is 743 g/mol. The topological polar surface area (TPSA) is 55.4 Å². The number of halogens is 1. The second-order valence-electron chi connectivity index (χ2n) is 16.3. The molecule has 302 valence electrons. The van der Waals surface area contributed by atoms with Crippen LogP contribution in [0.2, 0.25) is 10.8 Å². The van der Waals surface area contributed by atoms with E-state index in [0.29, 0.717) is 45.3 Å². The van der Waals surface area contributed by atoms with Gasteiger partial charge >= 0.3 is 6.92 Å². The van der Waals surface area contributed by atoms with Gasteiger partial charge in [-0.3, -0.25) is 0 Å². The maximum Gasteiger partial charge on any atom is 0.332 e. The van der Waals surface area contributed by atoms with Crippen LogP contribution in [-0.4, -0.2) is 49.5 Å². The largest absolute Gasteiger partial charge is 0.430 e. The van der Waals surface area contributed by atoms with Gasteiger partial charge in [0, 0.05) is 11.1 Å². The minimum absolute atomic E-state index is 0.173. The third kappa shape index (κ3) is 10.5. The van der Waals surface area contributed by atoms with Gasteiger partial charge in [0.05, 0.1) is 33.0 Å². The first-order chi connectivity index (χ1) is 28.6. The summed E-state index contributed by atoms with van der Waals surface area (Å²) in [5.41, 5.74) is 4.65. The van der Waals surface area contributed by atoms with E-state index in [9.17, 15) is 0 Å². The van der Waals surface area contributed by atoms with Crippen molar-refractivity contribution in [3.63, 3.8) is 0 Å². The minimum Gasteiger partial charge on any atom is -0.430 e. The molecule has 3 aliphatic heterocycles. The quantitative estimate of drug-likeness (QED) is 0.0874. The summed E-state index contributed by atoms with van der Waals surface area (Å²) in [6, 6.07) is 49.7. The van der Waals surface area contributed by atoms with Crippen LogP contribution < -0.4 is 0 Å². The molecule has 0 aromatic heterocycles. The average Bonchev–Trinajstić information content (AvgIpc) is 3.61. The number of rotatable bonds is 17. The van der Waals surface area contributed by atoms with Crippen LogP contribution in [0, 0.1) is 0 Å². The van der Waals surface area contributed by atoms with Crippen molar-refractivity contribution in [1.29, 1.82) is 0 Å². The van der Waals surface area contributed by atoms with Gasteiger partial charge in [0.15, 0.2) is 0 Å². The predicted octanol–water partition coefficient (Wildman–Crippen LogP) is 11.0. The molecule has 0 N–H and O–H groups in total. The molecule has 5 atom stereocenters. The van der Waals surface area contributed by atoms with E-state index < -0.39 is 29.9 Å². The van der Waals surface area contributed by atoms with Crippen molar-refractivity contribution in [2.24, 2.45) is 0 Å². The van der Waals surface area contributed by atoms with Crippen molar-refractivity contribution in [2.75, 3.05) is 6.61 Å². The number of hydrogen-bond donors (Lipinski definition) is 0. The van der Waals surface area contributed by atoms with Gasteiger partial charge in [-0.15, -0.1) is 0 Å². The molecule has 6 nitrogen and oxygen atoms in total. The molecule has 58 heavy (non-hydrogen) atoms. The highest BCUT2D eigenvalue weighted by Crippen LogP contribution is 2.49. The molecule has 2 bridgehead atoms. The van der Waals surface area contributed by atoms with Gasteiger partial charge in [-0.2, -0.15) is 0 Å². The molecule has 5 aromatic rings. The Morgan fingerprint density at radius 1 is 0.552 bits per heavy atom. The van der Waals surface area contributed by atoms with Gasteiger partial charge < -0.3 is 28.3 Å². The summed E-state index contributed by atoms with van der Waals surface area (Å²) in [5, 5.41) is 0.723. The van der Waals surface area contributed by atoms with Crippen LogP contribution in [0.25, 0.3) is 0 Å². The van der Waals surface area contributed by atoms with E-state index in [-0.39, 0.29) is 13.0 Å². The lowest BCUT2D eigenvalue weighted by molar-refractivity contribution is -0.291. The average molecular weight is 799 g/mol. The van der Waals surface area contributed by atoms with E-state index in [1.54, 1.807) is 0 Å². The highest BCUT2D eigenvalue weighted by atomic mass is 35.5. The monoisotopic (exact) mass is 798 g/mol. The fourth-order valence-electron chi connectivity index (χ4n) is 9.33. The van der Waals surface area contributed by atoms with E-state index >= 15 is 0 Å². The van der Waals surface area contributed by atoms with E-state index in [1.807, 2.05) is 48.5 Å². The highest BCUT2D eigenvalue weighted by Gasteiger charge is 2.64. The van der Waals surface area contributed by atoms with Crippen LogP contribution in [0.3, 0.4) is 0 Å². The molecule has 0 spiro atoms. The van der Waals surface area contributed by atoms with Crippen LogP contribution in [-0.2, 0) is 61.2 Å². The number of benzene rings is 5. The molecule has 0 aliphatic carbocycles. The molecule has 3 heterocycles. The third-order valence-electron chi connectivity index (χ3n) is 12.2. The number of aryl methyl sites for hydroxylation is 1. The summed E-state index contributed by atoms with van der Waals surface area (Å²) in [6.45, 7) is 1.73. The second-order valence-corrected chi connectivity index (χ2v) is 16.7. The molecule has 8 heteroatoms. The molecule has 3 saturated heterocycles. The van der Waals surface area contributed by atoms with Crippen LogP contribution in [0.15, 0.2) is 146 Å². The van der Waals surface area contributed by atoms with Gasteiger partial charge in [0.2, 0.25) is 0 Å². The molecule has 0 radical (unpaired) electrons. The SMILES string of the molecule is Clc1ccc(CC[C@]2(B3OC4CCCC3CCC4)O[C@H](COCc3ccccc3)[C@@H](OCc3ccccc3)[C@H](OCc3ccccc3)[C@H]2OCc2ccccc2)cc1. The summed E-state index contributed by atoms with van der Waals surface area (Å²) < 4.78 is 43.6. The summed E-state index contributed by atoms with van der Waals surface area (Å²) in [5.74, 6) is 0.308. The first-order valence-corrected chi connectivity index (χ1v) is 21.7. The maximum absolute atomic E-state index is 7.84. The highest BCUT2D eigenvalue weighted by molar-refractivity contribution is 6.57. The van der Waals surface area contributed by atoms with E-state index in [1.165, 1.54) is 5.56 Å². The van der Waals surface area contributed by atoms with E-state index in [4.69, 9.17) is 39.9 Å². The second kappa shape index (κ2) is 20.5. The van der Waals surface area contributed by atoms with Gasteiger partial charge in [-0.1, -0.05) is 171 Å². The van der Waals surface area contributed by atoms with Crippen LogP contribution >= 0.6 is 11.6 Å². The molecule has 0 saturated carbocycles. The van der Waals surface area contributed by atoms with Gasteiger partial charge in [0.1, 0.15) is 29.9 Å². The standard InChI is InChI=1S/C50H56BClO6/c52-44-29-27-38(28-30-44)31-32-50(51-43-23-13-25-45(58-51)26-14-24-43)49(56-36-42-21-11-4-12-22-42)48(55-35-41-19-9-3-10-20-41)47(54-34-40-17-7-2-8-18-40)46(57-50)37-53-33-39-15-5-1-6-16-39/h1-12,15-22,27-30,43,45-49H,13-14,23-26,31-37H2/t43?,45?,46-,47-,48+,49-,50+/m1/s1. The lowest BCUT2D eigenvalue weighted by Crippen LogP contribution is -2.73. The Morgan fingerprint density at radius 3 is 1.60 bits per heavy atom. The zero-order valence-corrected chi connectivity index (χ0v) is 34.2. The zero-order valence-electron chi connectivity index (χ0n) is 33.4. The first kappa shape index (κ1) is 41.0. The Morgan fingerprint density at radius 2 is 1.05 bits per heavy atom. The van der Waals surface area contributed by atoms with Crippen molar-refractivity contribution < 1.29 is 28.3 Å². The molecule has 5 aromatic carbocycles. The molecule has 3 fully saturated rings. The molecule has 3 aliphatic rings. The van der Waals surface area contributed by atoms with Gasteiger partial charge in [-0.05, 0) is 71.5 Å². The van der Waals surface area contributed by atoms with Crippen molar-refractivity contribution in [3.05, 3.63) is 178 Å². The lowest BCUT2D eigenvalue weighted by Gasteiger charge is -2.55. The molecular formula is C50H56BClO6. The first-order valence-electron chi connectivity index (χ1n) is 21.3. The maximum atomic E-state index is 7.84. The number of ether oxygens (including phenoxy) is 5. The Hall–Kier alpha value is -3.79. The van der Waals surface area contributed by atoms with Gasteiger partial charge in [0.25, 0.3) is 0 Å². The molecule has 0 unspecified atom stereocenters. The normalized spacial score (nSPS) is 25.9. The Balaban J connectivity index is 1.24. The summed E-state index contributed by atoms with van der Waals surface area (Å²) in [4.78, 5) is 0. The Labute approximate surface area is 350 Å². The zero-order chi connectivity index (χ0) is 39.4. The van der Waals surface area contributed by atoms with Crippen LogP contribution in [0.5, 0.6) is 0 Å². The Bertz CT molecular complexity index is 1930. The van der Waals surface area contributed by atoms with Crippen LogP contribution in [0.1, 0.15) is 72.8 Å². The van der Waals surface area contributed by atoms with Crippen molar-refractivity contribution >= 4 is 18.5 Å². The minimum atomic E-state index is -0.902. The molecule has 0 amide bonds. The molecule has 8 rings (SSSR count). The van der Waals surface area contributed by atoms with Crippen molar-refractivity contribution in [3.8, 4) is 0 Å². The smallest absolute Gasteiger partial charge is 0.332 e. The number of hydrogen-bond acceptors (Lipinski definition) is 6. The van der Waals surface area contributed by atoms with Gasteiger partial charge in [-0.25, -0.2) is 0 Å². The lowest BCUT2D eigenvalue weighted by atomic mass is 9.39. The van der Waals surface area contributed by atoms with Crippen LogP contribution in [0.4, 0.5) is 0 Å².